The number of benzene rings is 1. The van der Waals surface area contributed by atoms with Gasteiger partial charge in [-0.1, -0.05) is 49.7 Å². The fraction of sp³-hybridized carbons (Fsp3) is 0.458. The van der Waals surface area contributed by atoms with E-state index in [9.17, 15) is 13.2 Å². The third-order valence-electron chi connectivity index (χ3n) is 5.89. The van der Waals surface area contributed by atoms with Crippen molar-refractivity contribution in [2.45, 2.75) is 71.1 Å². The summed E-state index contributed by atoms with van der Waals surface area (Å²) in [5.74, 6) is 0. The van der Waals surface area contributed by atoms with Gasteiger partial charge in [0.1, 0.15) is 11.4 Å². The maximum absolute atomic E-state index is 13.0. The number of allylic oxidation sites excluding steroid dienone is 2. The van der Waals surface area contributed by atoms with E-state index in [-0.39, 0.29) is 6.42 Å². The monoisotopic (exact) mass is 475 g/mol. The van der Waals surface area contributed by atoms with Crippen LogP contribution in [0.3, 0.4) is 0 Å². The molecule has 0 amide bonds. The highest BCUT2D eigenvalue weighted by Gasteiger charge is 2.33. The van der Waals surface area contributed by atoms with Gasteiger partial charge >= 0.3 is 6.18 Å². The van der Waals surface area contributed by atoms with Gasteiger partial charge in [-0.3, -0.25) is 0 Å². The standard InChI is InChI=1S/C24H28F3N5S/c1-3-7-22(24(25,26)27)28-13-20-16(2)32(15-29-20)14-17-10-11-19-21(12-17)33-23(31-19)30-18-8-5-4-6-9-18/h7,10-13,15,18H,3-6,8-9,14H2,1-2H3,(H,30,31)/b22-7+,28-13?. The van der Waals surface area contributed by atoms with E-state index in [2.05, 4.69) is 21.4 Å². The zero-order valence-electron chi connectivity index (χ0n) is 18.8. The van der Waals surface area contributed by atoms with Crippen LogP contribution in [-0.4, -0.2) is 33.0 Å². The molecule has 0 atom stereocenters. The highest BCUT2D eigenvalue weighted by atomic mass is 32.1. The summed E-state index contributed by atoms with van der Waals surface area (Å²) in [6, 6.07) is 6.69. The number of rotatable bonds is 7. The molecule has 1 fully saturated rings. The second-order valence-corrected chi connectivity index (χ2v) is 9.43. The van der Waals surface area contributed by atoms with E-state index in [4.69, 9.17) is 4.98 Å². The summed E-state index contributed by atoms with van der Waals surface area (Å²) in [5, 5.41) is 4.55. The van der Waals surface area contributed by atoms with E-state index in [0.717, 1.165) is 32.7 Å². The first-order chi connectivity index (χ1) is 15.8. The first-order valence-corrected chi connectivity index (χ1v) is 12.1. The normalized spacial score (nSPS) is 16.2. The van der Waals surface area contributed by atoms with Crippen molar-refractivity contribution in [3.63, 3.8) is 0 Å². The molecule has 4 rings (SSSR count). The number of alkyl halides is 3. The second-order valence-electron chi connectivity index (χ2n) is 8.40. The van der Waals surface area contributed by atoms with E-state index in [1.165, 1.54) is 38.3 Å². The first-order valence-electron chi connectivity index (χ1n) is 11.3. The largest absolute Gasteiger partial charge is 0.433 e. The van der Waals surface area contributed by atoms with Crippen molar-refractivity contribution in [3.05, 3.63) is 53.3 Å². The van der Waals surface area contributed by atoms with E-state index in [1.807, 2.05) is 23.6 Å². The summed E-state index contributed by atoms with van der Waals surface area (Å²) in [4.78, 5) is 12.6. The Bertz CT molecular complexity index is 1150. The Labute approximate surface area is 195 Å². The van der Waals surface area contributed by atoms with Gasteiger partial charge in [0.2, 0.25) is 0 Å². The molecule has 1 aliphatic carbocycles. The third-order valence-corrected chi connectivity index (χ3v) is 6.84. The highest BCUT2D eigenvalue weighted by Crippen LogP contribution is 2.30. The molecule has 0 radical (unpaired) electrons. The molecule has 1 saturated carbocycles. The van der Waals surface area contributed by atoms with Crippen LogP contribution in [0, 0.1) is 6.92 Å². The second kappa shape index (κ2) is 10.1. The summed E-state index contributed by atoms with van der Waals surface area (Å²) >= 11 is 1.66. The average Bonchev–Trinajstić information content (AvgIpc) is 3.33. The Balaban J connectivity index is 1.47. The Morgan fingerprint density at radius 3 is 2.79 bits per heavy atom. The number of thiazole rings is 1. The molecule has 176 valence electrons. The average molecular weight is 476 g/mol. The van der Waals surface area contributed by atoms with Crippen LogP contribution in [0.15, 0.2) is 41.3 Å². The number of anilines is 1. The summed E-state index contributed by atoms with van der Waals surface area (Å²) in [6.07, 6.45) is 5.96. The lowest BCUT2D eigenvalue weighted by Crippen LogP contribution is -2.21. The van der Waals surface area contributed by atoms with Crippen LogP contribution in [0.2, 0.25) is 0 Å². The molecule has 9 heteroatoms. The van der Waals surface area contributed by atoms with Crippen LogP contribution >= 0.6 is 11.3 Å². The minimum absolute atomic E-state index is 0.261. The molecule has 1 aromatic carbocycles. The molecule has 1 N–H and O–H groups in total. The lowest BCUT2D eigenvalue weighted by Gasteiger charge is -2.22. The number of aliphatic imine (C=N–C) groups is 1. The summed E-state index contributed by atoms with van der Waals surface area (Å²) in [6.45, 7) is 4.06. The molecule has 3 aromatic rings. The lowest BCUT2D eigenvalue weighted by atomic mass is 9.96. The molecule has 2 heterocycles. The highest BCUT2D eigenvalue weighted by molar-refractivity contribution is 7.22. The summed E-state index contributed by atoms with van der Waals surface area (Å²) in [5.41, 5.74) is 2.35. The van der Waals surface area contributed by atoms with Crippen LogP contribution in [0.25, 0.3) is 10.2 Å². The van der Waals surface area contributed by atoms with E-state index in [0.29, 0.717) is 18.3 Å². The molecule has 0 unspecified atom stereocenters. The molecular formula is C24H28F3N5S. The van der Waals surface area contributed by atoms with Gasteiger partial charge in [-0.05, 0) is 43.9 Å². The Morgan fingerprint density at radius 2 is 2.06 bits per heavy atom. The molecule has 2 aromatic heterocycles. The maximum atomic E-state index is 13.0. The molecule has 0 spiro atoms. The quantitative estimate of drug-likeness (QED) is 0.380. The zero-order chi connectivity index (χ0) is 23.4. The first kappa shape index (κ1) is 23.5. The van der Waals surface area contributed by atoms with Crippen molar-refractivity contribution in [1.29, 1.82) is 0 Å². The number of fused-ring (bicyclic) bond motifs is 1. The van der Waals surface area contributed by atoms with Crippen molar-refractivity contribution >= 4 is 32.9 Å². The van der Waals surface area contributed by atoms with Gasteiger partial charge in [-0.15, -0.1) is 0 Å². The number of nitrogens with one attached hydrogen (secondary N) is 1. The number of aromatic nitrogens is 3. The fourth-order valence-electron chi connectivity index (χ4n) is 4.06. The Hall–Kier alpha value is -2.68. The van der Waals surface area contributed by atoms with Crippen molar-refractivity contribution in [2.75, 3.05) is 5.32 Å². The number of halogens is 3. The Morgan fingerprint density at radius 1 is 1.27 bits per heavy atom. The molecular weight excluding hydrogens is 447 g/mol. The smallest absolute Gasteiger partial charge is 0.359 e. The Kier molecular flexibility index (Phi) is 7.17. The van der Waals surface area contributed by atoms with Crippen LogP contribution in [-0.2, 0) is 6.54 Å². The number of imidazole rings is 1. The van der Waals surface area contributed by atoms with Gasteiger partial charge in [0.15, 0.2) is 5.13 Å². The van der Waals surface area contributed by atoms with Gasteiger partial charge in [0, 0.05) is 18.3 Å². The molecule has 1 aliphatic rings. The maximum Gasteiger partial charge on any atom is 0.433 e. The van der Waals surface area contributed by atoms with Gasteiger partial charge < -0.3 is 9.88 Å². The number of hydrogen-bond acceptors (Lipinski definition) is 5. The lowest BCUT2D eigenvalue weighted by molar-refractivity contribution is -0.0925. The summed E-state index contributed by atoms with van der Waals surface area (Å²) in [7, 11) is 0. The predicted octanol–water partition coefficient (Wildman–Crippen LogP) is 6.87. The van der Waals surface area contributed by atoms with E-state index < -0.39 is 11.9 Å². The molecule has 0 bridgehead atoms. The SMILES string of the molecule is CC/C=C(/N=Cc1ncn(Cc2ccc3nc(NC4CCCCC4)sc3c2)c1C)C(F)(F)F. The molecule has 5 nitrogen and oxygen atoms in total. The topological polar surface area (TPSA) is 55.1 Å². The van der Waals surface area contributed by atoms with Crippen LogP contribution < -0.4 is 5.32 Å². The van der Waals surface area contributed by atoms with E-state index >= 15 is 0 Å². The van der Waals surface area contributed by atoms with Gasteiger partial charge in [0.05, 0.1) is 22.8 Å². The van der Waals surface area contributed by atoms with Gasteiger partial charge in [0.25, 0.3) is 0 Å². The van der Waals surface area contributed by atoms with Crippen LogP contribution in [0.1, 0.15) is 62.4 Å². The minimum atomic E-state index is -4.47. The molecule has 33 heavy (non-hydrogen) atoms. The van der Waals surface area contributed by atoms with Crippen LogP contribution in [0.5, 0.6) is 0 Å². The molecule has 0 aliphatic heterocycles. The van der Waals surface area contributed by atoms with Gasteiger partial charge in [-0.2, -0.15) is 13.2 Å². The number of nitrogens with zero attached hydrogens (tertiary/aromatic N) is 4. The van der Waals surface area contributed by atoms with Crippen LogP contribution in [0.4, 0.5) is 18.3 Å². The number of hydrogen-bond donors (Lipinski definition) is 1. The third kappa shape index (κ3) is 5.82. The van der Waals surface area contributed by atoms with E-state index in [1.54, 1.807) is 24.6 Å². The summed E-state index contributed by atoms with van der Waals surface area (Å²) < 4.78 is 42.2. The van der Waals surface area contributed by atoms with Crippen molar-refractivity contribution in [1.82, 2.24) is 14.5 Å². The fourth-order valence-corrected chi connectivity index (χ4v) is 5.06. The zero-order valence-corrected chi connectivity index (χ0v) is 19.6. The van der Waals surface area contributed by atoms with Gasteiger partial charge in [-0.25, -0.2) is 15.0 Å². The van der Waals surface area contributed by atoms with Crippen molar-refractivity contribution in [3.8, 4) is 0 Å². The minimum Gasteiger partial charge on any atom is -0.359 e. The van der Waals surface area contributed by atoms with Crippen molar-refractivity contribution < 1.29 is 13.2 Å². The molecule has 0 saturated heterocycles. The predicted molar refractivity (Wildman–Crippen MR) is 128 cm³/mol. The van der Waals surface area contributed by atoms with Crippen molar-refractivity contribution in [2.24, 2.45) is 4.99 Å².